The molecule has 0 heterocycles. The molecule has 0 saturated heterocycles. The van der Waals surface area contributed by atoms with Crippen LogP contribution in [0.25, 0.3) is 0 Å². The molecule has 0 aromatic heterocycles. The third kappa shape index (κ3) is 3.59. The Balaban J connectivity index is 2.78. The number of aliphatic hydroxyl groups is 2. The molecule has 3 nitrogen and oxygen atoms in total. The van der Waals surface area contributed by atoms with Crippen LogP contribution >= 0.6 is 0 Å². The van der Waals surface area contributed by atoms with E-state index in [0.29, 0.717) is 19.3 Å². The normalized spacial score (nSPS) is 26.3. The van der Waals surface area contributed by atoms with Crippen LogP contribution in [0.15, 0.2) is 0 Å². The summed E-state index contributed by atoms with van der Waals surface area (Å²) in [6.45, 7) is 1.02. The maximum absolute atomic E-state index is 12.9. The zero-order chi connectivity index (χ0) is 13.8. The van der Waals surface area contributed by atoms with Gasteiger partial charge in [0.2, 0.25) is 0 Å². The van der Waals surface area contributed by atoms with Gasteiger partial charge < -0.3 is 15.5 Å². The van der Waals surface area contributed by atoms with Crippen molar-refractivity contribution < 1.29 is 23.4 Å². The summed E-state index contributed by atoms with van der Waals surface area (Å²) in [4.78, 5) is 0. The molecule has 0 radical (unpaired) electrons. The van der Waals surface area contributed by atoms with Crippen molar-refractivity contribution >= 4 is 0 Å². The molecule has 2 atom stereocenters. The van der Waals surface area contributed by atoms with Gasteiger partial charge in [-0.25, -0.2) is 0 Å². The Morgan fingerprint density at radius 2 is 1.67 bits per heavy atom. The molecule has 0 aromatic rings. The summed E-state index contributed by atoms with van der Waals surface area (Å²) in [5.41, 5.74) is -1.01. The van der Waals surface area contributed by atoms with E-state index in [1.807, 2.05) is 0 Å². The first-order valence-electron chi connectivity index (χ1n) is 6.44. The minimum absolute atomic E-state index is 0.123. The first-order valence-corrected chi connectivity index (χ1v) is 6.44. The van der Waals surface area contributed by atoms with Crippen LogP contribution in [0.5, 0.6) is 0 Å². The molecule has 0 aromatic carbocycles. The van der Waals surface area contributed by atoms with Crippen LogP contribution in [0.4, 0.5) is 13.2 Å². The molecule has 1 fully saturated rings. The standard InChI is InChI=1S/C12H22F3NO2/c1-2-11(7-17,8-18)16-10-6-4-3-5-9(10)12(13,14)15/h9-10,16-18H,2-8H2,1H3. The summed E-state index contributed by atoms with van der Waals surface area (Å²) in [6, 6.07) is -0.710. The van der Waals surface area contributed by atoms with Gasteiger partial charge in [0.15, 0.2) is 0 Å². The van der Waals surface area contributed by atoms with Crippen LogP contribution in [-0.4, -0.2) is 41.2 Å². The van der Waals surface area contributed by atoms with E-state index < -0.39 is 23.7 Å². The molecule has 0 bridgehead atoms. The molecule has 1 rings (SSSR count). The number of alkyl halides is 3. The SMILES string of the molecule is CCC(CO)(CO)NC1CCCCC1C(F)(F)F. The Morgan fingerprint density at radius 3 is 2.11 bits per heavy atom. The lowest BCUT2D eigenvalue weighted by Gasteiger charge is -2.40. The smallest absolute Gasteiger partial charge is 0.393 e. The Kier molecular flexibility index (Phi) is 5.43. The molecule has 18 heavy (non-hydrogen) atoms. The van der Waals surface area contributed by atoms with E-state index in [4.69, 9.17) is 0 Å². The average molecular weight is 269 g/mol. The molecule has 1 aliphatic carbocycles. The van der Waals surface area contributed by atoms with E-state index in [2.05, 4.69) is 5.32 Å². The molecular weight excluding hydrogens is 247 g/mol. The second-order valence-corrected chi connectivity index (χ2v) is 5.13. The van der Waals surface area contributed by atoms with Crippen molar-refractivity contribution in [2.24, 2.45) is 5.92 Å². The molecule has 108 valence electrons. The van der Waals surface area contributed by atoms with Crippen molar-refractivity contribution in [1.29, 1.82) is 0 Å². The van der Waals surface area contributed by atoms with Gasteiger partial charge in [0.1, 0.15) is 0 Å². The predicted molar refractivity (Wildman–Crippen MR) is 62.1 cm³/mol. The van der Waals surface area contributed by atoms with Gasteiger partial charge in [0.25, 0.3) is 0 Å². The van der Waals surface area contributed by atoms with E-state index in [1.54, 1.807) is 6.92 Å². The Hall–Kier alpha value is -0.330. The summed E-state index contributed by atoms with van der Waals surface area (Å²) in [5, 5.41) is 21.4. The highest BCUT2D eigenvalue weighted by atomic mass is 19.4. The highest BCUT2D eigenvalue weighted by Crippen LogP contribution is 2.38. The van der Waals surface area contributed by atoms with Gasteiger partial charge in [-0.05, 0) is 19.3 Å². The van der Waals surface area contributed by atoms with Crippen molar-refractivity contribution in [2.75, 3.05) is 13.2 Å². The lowest BCUT2D eigenvalue weighted by Crippen LogP contribution is -2.59. The van der Waals surface area contributed by atoms with Gasteiger partial charge >= 0.3 is 6.18 Å². The van der Waals surface area contributed by atoms with E-state index in [0.717, 1.165) is 6.42 Å². The first-order chi connectivity index (χ1) is 8.38. The van der Waals surface area contributed by atoms with Crippen LogP contribution < -0.4 is 5.32 Å². The second-order valence-electron chi connectivity index (χ2n) is 5.13. The van der Waals surface area contributed by atoms with E-state index in [-0.39, 0.29) is 19.6 Å². The fourth-order valence-electron chi connectivity index (χ4n) is 2.56. The van der Waals surface area contributed by atoms with E-state index in [1.165, 1.54) is 0 Å². The molecule has 1 saturated carbocycles. The van der Waals surface area contributed by atoms with Crippen LogP contribution in [0.1, 0.15) is 39.0 Å². The second kappa shape index (κ2) is 6.21. The number of hydrogen-bond acceptors (Lipinski definition) is 3. The number of rotatable bonds is 5. The maximum atomic E-state index is 12.9. The van der Waals surface area contributed by atoms with Gasteiger partial charge in [-0.3, -0.25) is 0 Å². The Labute approximate surface area is 105 Å². The average Bonchev–Trinajstić information content (AvgIpc) is 2.35. The van der Waals surface area contributed by atoms with Gasteiger partial charge in [0, 0.05) is 6.04 Å². The van der Waals surface area contributed by atoms with E-state index >= 15 is 0 Å². The zero-order valence-electron chi connectivity index (χ0n) is 10.6. The summed E-state index contributed by atoms with van der Waals surface area (Å²) >= 11 is 0. The van der Waals surface area contributed by atoms with Gasteiger partial charge in [0.05, 0.1) is 24.7 Å². The van der Waals surface area contributed by atoms with Crippen molar-refractivity contribution in [3.63, 3.8) is 0 Å². The molecule has 6 heteroatoms. The quantitative estimate of drug-likeness (QED) is 0.713. The monoisotopic (exact) mass is 269 g/mol. The van der Waals surface area contributed by atoms with Crippen LogP contribution in [0.2, 0.25) is 0 Å². The Morgan fingerprint density at radius 1 is 1.11 bits per heavy atom. The largest absolute Gasteiger partial charge is 0.394 e. The molecule has 1 aliphatic rings. The van der Waals surface area contributed by atoms with Gasteiger partial charge in [-0.1, -0.05) is 19.8 Å². The molecule has 0 aliphatic heterocycles. The lowest BCUT2D eigenvalue weighted by molar-refractivity contribution is -0.191. The van der Waals surface area contributed by atoms with Crippen molar-refractivity contribution in [1.82, 2.24) is 5.32 Å². The third-order valence-electron chi connectivity index (χ3n) is 3.96. The minimum atomic E-state index is -4.22. The number of aliphatic hydroxyl groups excluding tert-OH is 2. The molecular formula is C12H22F3NO2. The number of hydrogen-bond donors (Lipinski definition) is 3. The van der Waals surface area contributed by atoms with Crippen molar-refractivity contribution in [2.45, 2.75) is 56.8 Å². The predicted octanol–water partition coefficient (Wildman–Crippen LogP) is 1.83. The number of nitrogens with one attached hydrogen (secondary N) is 1. The van der Waals surface area contributed by atoms with Crippen molar-refractivity contribution in [3.05, 3.63) is 0 Å². The fourth-order valence-corrected chi connectivity index (χ4v) is 2.56. The summed E-state index contributed by atoms with van der Waals surface area (Å²) in [6.07, 6.45) is -1.94. The summed E-state index contributed by atoms with van der Waals surface area (Å²) in [7, 11) is 0. The van der Waals surface area contributed by atoms with Crippen LogP contribution in [0, 0.1) is 5.92 Å². The number of halogens is 3. The first kappa shape index (κ1) is 15.7. The molecule has 0 amide bonds. The van der Waals surface area contributed by atoms with E-state index in [9.17, 15) is 23.4 Å². The van der Waals surface area contributed by atoms with Crippen molar-refractivity contribution in [3.8, 4) is 0 Å². The molecule has 2 unspecified atom stereocenters. The highest BCUT2D eigenvalue weighted by Gasteiger charge is 2.47. The highest BCUT2D eigenvalue weighted by molar-refractivity contribution is 4.94. The fraction of sp³-hybridized carbons (Fsp3) is 1.00. The third-order valence-corrected chi connectivity index (χ3v) is 3.96. The summed E-state index contributed by atoms with van der Waals surface area (Å²) in [5.74, 6) is -1.38. The molecule has 3 N–H and O–H groups in total. The summed E-state index contributed by atoms with van der Waals surface area (Å²) < 4.78 is 38.7. The lowest BCUT2D eigenvalue weighted by atomic mass is 9.82. The Bertz CT molecular complexity index is 246. The van der Waals surface area contributed by atoms with Gasteiger partial charge in [-0.15, -0.1) is 0 Å². The maximum Gasteiger partial charge on any atom is 0.393 e. The zero-order valence-corrected chi connectivity index (χ0v) is 10.6. The van der Waals surface area contributed by atoms with Gasteiger partial charge in [-0.2, -0.15) is 13.2 Å². The minimum Gasteiger partial charge on any atom is -0.394 e. The topological polar surface area (TPSA) is 52.5 Å². The van der Waals surface area contributed by atoms with Crippen LogP contribution in [0.3, 0.4) is 0 Å². The molecule has 0 spiro atoms. The van der Waals surface area contributed by atoms with Crippen LogP contribution in [-0.2, 0) is 0 Å².